The summed E-state index contributed by atoms with van der Waals surface area (Å²) < 4.78 is 0. The van der Waals surface area contributed by atoms with E-state index in [2.05, 4.69) is 39.7 Å². The molecule has 0 heterocycles. The molecular weight excluding hydrogens is 234 g/mol. The summed E-state index contributed by atoms with van der Waals surface area (Å²) in [5, 5.41) is 0. The Kier molecular flexibility index (Phi) is 17.9. The molecule has 0 rings (SSSR count). The Labute approximate surface area is 141 Å². The molecule has 114 valence electrons. The zero-order valence-corrected chi connectivity index (χ0v) is 15.2. The van der Waals surface area contributed by atoms with Crippen LogP contribution in [0.5, 0.6) is 0 Å². The first-order valence-corrected chi connectivity index (χ1v) is 9.13. The fourth-order valence-electron chi connectivity index (χ4n) is 3.26. The van der Waals surface area contributed by atoms with Crippen LogP contribution in [0.3, 0.4) is 0 Å². The number of allylic oxidation sites excluding steroid dienone is 1. The van der Waals surface area contributed by atoms with Crippen molar-refractivity contribution in [2.75, 3.05) is 0 Å². The zero-order chi connectivity index (χ0) is 14.4. The van der Waals surface area contributed by atoms with Gasteiger partial charge in [-0.3, -0.25) is 0 Å². The molecule has 0 aromatic rings. The first-order chi connectivity index (χ1) is 9.24. The van der Waals surface area contributed by atoms with E-state index in [0.717, 1.165) is 0 Å². The van der Waals surface area contributed by atoms with Gasteiger partial charge in [-0.2, -0.15) is 19.0 Å². The van der Waals surface area contributed by atoms with Crippen LogP contribution >= 0.6 is 0 Å². The second-order valence-corrected chi connectivity index (χ2v) is 6.57. The maximum absolute atomic E-state index is 2.68. The molecule has 20 heavy (non-hydrogen) atoms. The van der Waals surface area contributed by atoms with Crippen molar-refractivity contribution in [1.82, 2.24) is 0 Å². The third-order valence-corrected chi connectivity index (χ3v) is 4.67. The van der Waals surface area contributed by atoms with E-state index in [4.69, 9.17) is 0 Å². The van der Waals surface area contributed by atoms with E-state index in [-0.39, 0.29) is 25.0 Å². The van der Waals surface area contributed by atoms with Gasteiger partial charge in [0, 0.05) is 6.15 Å². The normalized spacial score (nSPS) is 11.8. The summed E-state index contributed by atoms with van der Waals surface area (Å²) in [5.74, 6) is 2.68. The van der Waals surface area contributed by atoms with Crippen LogP contribution in [0, 0.1) is 0 Å². The first kappa shape index (κ1) is 22.7. The van der Waals surface area contributed by atoms with E-state index in [0.29, 0.717) is 0 Å². The Morgan fingerprint density at radius 2 is 1.05 bits per heavy atom. The minimum Gasteiger partial charge on any atom is -0.250 e. The zero-order valence-electron chi connectivity index (χ0n) is 15.2. The van der Waals surface area contributed by atoms with Gasteiger partial charge < -0.3 is 0 Å². The van der Waals surface area contributed by atoms with Crippen molar-refractivity contribution >= 4 is 6.15 Å². The van der Waals surface area contributed by atoms with Crippen molar-refractivity contribution in [3.8, 4) is 0 Å². The molecule has 0 aromatic carbocycles. The van der Waals surface area contributed by atoms with Crippen molar-refractivity contribution in [2.24, 2.45) is 0 Å². The molecule has 0 amide bonds. The number of hydrogen-bond donors (Lipinski definition) is 0. The van der Waals surface area contributed by atoms with Crippen LogP contribution in [0.2, 0.25) is 19.0 Å². The van der Waals surface area contributed by atoms with Crippen LogP contribution in [-0.2, 0) is 0 Å². The molecular formula is C18H38BLi. The van der Waals surface area contributed by atoms with Crippen LogP contribution in [0.1, 0.15) is 85.5 Å². The van der Waals surface area contributed by atoms with Crippen LogP contribution in [0.15, 0.2) is 12.1 Å². The summed E-state index contributed by atoms with van der Waals surface area (Å²) in [7, 11) is 0. The minimum atomic E-state index is -0.202. The fraction of sp³-hybridized carbons (Fsp3) is 0.889. The largest absolute Gasteiger partial charge is 1.00 e. The maximum Gasteiger partial charge on any atom is 1.00 e. The van der Waals surface area contributed by atoms with Crippen molar-refractivity contribution < 1.29 is 18.9 Å². The van der Waals surface area contributed by atoms with Crippen LogP contribution in [-0.4, -0.2) is 6.15 Å². The maximum atomic E-state index is 2.68. The monoisotopic (exact) mass is 272 g/mol. The molecule has 0 aliphatic heterocycles. The summed E-state index contributed by atoms with van der Waals surface area (Å²) >= 11 is 0. The van der Waals surface area contributed by atoms with Gasteiger partial charge >= 0.3 is 18.9 Å². The molecule has 0 aromatic heterocycles. The first-order valence-electron chi connectivity index (χ1n) is 9.13. The predicted octanol–water partition coefficient (Wildman–Crippen LogP) is 4.13. The summed E-state index contributed by atoms with van der Waals surface area (Å²) in [5.41, 5.74) is 0. The summed E-state index contributed by atoms with van der Waals surface area (Å²) in [6.45, 7) is 9.29. The molecule has 0 saturated carbocycles. The molecule has 0 atom stereocenters. The van der Waals surface area contributed by atoms with Gasteiger partial charge in [0.05, 0.1) is 0 Å². The van der Waals surface area contributed by atoms with Gasteiger partial charge in [-0.1, -0.05) is 79.1 Å². The Morgan fingerprint density at radius 1 is 0.650 bits per heavy atom. The third kappa shape index (κ3) is 11.1. The van der Waals surface area contributed by atoms with E-state index in [9.17, 15) is 0 Å². The van der Waals surface area contributed by atoms with Gasteiger partial charge in [-0.15, -0.1) is 6.08 Å². The third-order valence-electron chi connectivity index (χ3n) is 4.67. The number of hydrogen-bond acceptors (Lipinski definition) is 0. The Morgan fingerprint density at radius 3 is 1.40 bits per heavy atom. The van der Waals surface area contributed by atoms with Crippen molar-refractivity contribution in [3.05, 3.63) is 12.1 Å². The quantitative estimate of drug-likeness (QED) is 0.349. The van der Waals surface area contributed by atoms with Crippen LogP contribution in [0.25, 0.3) is 0 Å². The smallest absolute Gasteiger partial charge is 0.250 e. The molecule has 0 aliphatic carbocycles. The molecule has 0 unspecified atom stereocenters. The molecule has 0 bridgehead atoms. The number of unbranched alkanes of at least 4 members (excludes halogenated alkanes) is 5. The average molecular weight is 272 g/mol. The molecule has 0 aliphatic rings. The van der Waals surface area contributed by atoms with Crippen LogP contribution < -0.4 is 18.9 Å². The summed E-state index contributed by atoms with van der Waals surface area (Å²) in [4.78, 5) is 0. The second kappa shape index (κ2) is 15.8. The van der Waals surface area contributed by atoms with Gasteiger partial charge in [-0.05, 0) is 6.42 Å². The SMILES string of the molecule is CCCC/C=C/[B-](CCCC)(CCCC)CCCC.[Li+]. The van der Waals surface area contributed by atoms with Crippen molar-refractivity contribution in [3.63, 3.8) is 0 Å². The van der Waals surface area contributed by atoms with Crippen molar-refractivity contribution in [1.29, 1.82) is 0 Å². The molecule has 2 heteroatoms. The van der Waals surface area contributed by atoms with Crippen LogP contribution in [0.4, 0.5) is 0 Å². The summed E-state index contributed by atoms with van der Waals surface area (Å²) in [6.07, 6.45) is 19.0. The van der Waals surface area contributed by atoms with Gasteiger partial charge in [0.1, 0.15) is 0 Å². The number of rotatable bonds is 13. The Balaban J connectivity index is 0. The standard InChI is InChI=1S/C18H38B.Li/c1-5-9-13-14-18-19(15-10-6-2,16-11-7-3)17-12-8-4;/h14,18H,5-13,15-17H2,1-4H3;/q-1;+1/b18-14+;. The minimum absolute atomic E-state index is 0. The van der Waals surface area contributed by atoms with Gasteiger partial charge in [0.2, 0.25) is 0 Å². The molecule has 0 radical (unpaired) electrons. The Bertz CT molecular complexity index is 192. The Hall–Kier alpha value is 0.402. The van der Waals surface area contributed by atoms with E-state index in [1.165, 1.54) is 76.7 Å². The average Bonchev–Trinajstić information content (AvgIpc) is 2.44. The molecule has 0 saturated heterocycles. The van der Waals surface area contributed by atoms with E-state index < -0.39 is 0 Å². The molecule has 0 N–H and O–H groups in total. The van der Waals surface area contributed by atoms with E-state index >= 15 is 0 Å². The second-order valence-electron chi connectivity index (χ2n) is 6.57. The van der Waals surface area contributed by atoms with Gasteiger partial charge in [-0.25, -0.2) is 5.98 Å². The van der Waals surface area contributed by atoms with Gasteiger partial charge in [0.25, 0.3) is 0 Å². The van der Waals surface area contributed by atoms with E-state index in [1.807, 2.05) is 0 Å². The summed E-state index contributed by atoms with van der Waals surface area (Å²) in [6, 6.07) is 0. The predicted molar refractivity (Wildman–Crippen MR) is 93.6 cm³/mol. The molecule has 0 nitrogen and oxygen atoms in total. The fourth-order valence-corrected chi connectivity index (χ4v) is 3.26. The van der Waals surface area contributed by atoms with Crippen molar-refractivity contribution in [2.45, 2.75) is 104 Å². The molecule has 0 fully saturated rings. The molecule has 0 spiro atoms. The topological polar surface area (TPSA) is 0 Å². The van der Waals surface area contributed by atoms with E-state index in [1.54, 1.807) is 0 Å². The van der Waals surface area contributed by atoms with Gasteiger partial charge in [0.15, 0.2) is 0 Å².